The second-order valence-corrected chi connectivity index (χ2v) is 8.07. The van der Waals surface area contributed by atoms with Crippen molar-refractivity contribution in [2.24, 2.45) is 0 Å². The van der Waals surface area contributed by atoms with E-state index in [-0.39, 0.29) is 4.83 Å². The summed E-state index contributed by atoms with van der Waals surface area (Å²) in [6.07, 6.45) is 2.12. The number of thiophene rings is 1. The van der Waals surface area contributed by atoms with Gasteiger partial charge in [-0.3, -0.25) is 0 Å². The summed E-state index contributed by atoms with van der Waals surface area (Å²) in [5.41, 5.74) is 2.69. The highest BCUT2D eigenvalue weighted by molar-refractivity contribution is 9.11. The van der Waals surface area contributed by atoms with Crippen molar-refractivity contribution in [1.29, 1.82) is 0 Å². The van der Waals surface area contributed by atoms with Gasteiger partial charge in [-0.15, -0.1) is 23.1 Å². The summed E-state index contributed by atoms with van der Waals surface area (Å²) in [4.78, 5) is 2.96. The molecule has 0 amide bonds. The third kappa shape index (κ3) is 2.98. The molecule has 0 nitrogen and oxygen atoms in total. The second kappa shape index (κ2) is 5.91. The fourth-order valence-electron chi connectivity index (χ4n) is 1.75. The first-order chi connectivity index (χ1) is 8.13. The van der Waals surface area contributed by atoms with Crippen LogP contribution in [0.5, 0.6) is 0 Å². The molecule has 1 atom stereocenters. The van der Waals surface area contributed by atoms with Crippen molar-refractivity contribution in [2.45, 2.75) is 16.6 Å². The van der Waals surface area contributed by atoms with Gasteiger partial charge < -0.3 is 0 Å². The lowest BCUT2D eigenvalue weighted by Gasteiger charge is -2.13. The predicted molar refractivity (Wildman–Crippen MR) is 85.7 cm³/mol. The number of hydrogen-bond donors (Lipinski definition) is 0. The van der Waals surface area contributed by atoms with E-state index in [1.54, 1.807) is 23.1 Å². The summed E-state index contributed by atoms with van der Waals surface area (Å²) in [6.45, 7) is 2.17. The maximum absolute atomic E-state index is 3.82. The summed E-state index contributed by atoms with van der Waals surface area (Å²) in [5, 5.41) is 0. The number of halogens is 2. The molecule has 17 heavy (non-hydrogen) atoms. The van der Waals surface area contributed by atoms with Crippen LogP contribution < -0.4 is 0 Å². The van der Waals surface area contributed by atoms with E-state index in [4.69, 9.17) is 0 Å². The van der Waals surface area contributed by atoms with Gasteiger partial charge in [-0.1, -0.05) is 34.1 Å². The first-order valence-corrected chi connectivity index (χ1v) is 8.91. The molecular formula is C13H12Br2S2. The average molecular weight is 392 g/mol. The number of hydrogen-bond acceptors (Lipinski definition) is 2. The fraction of sp³-hybridized carbons (Fsp3) is 0.231. The maximum atomic E-state index is 3.82. The quantitative estimate of drug-likeness (QED) is 0.454. The Bertz CT molecular complexity index is 520. The van der Waals surface area contributed by atoms with E-state index in [0.717, 1.165) is 0 Å². The van der Waals surface area contributed by atoms with Crippen molar-refractivity contribution >= 4 is 55.0 Å². The molecular weight excluding hydrogens is 380 g/mol. The molecule has 1 aromatic carbocycles. The molecule has 1 unspecified atom stereocenters. The minimum Gasteiger partial charge on any atom is -0.133 e. The fourth-order valence-corrected chi connectivity index (χ4v) is 5.32. The van der Waals surface area contributed by atoms with Gasteiger partial charge in [0.2, 0.25) is 0 Å². The summed E-state index contributed by atoms with van der Waals surface area (Å²) in [5.74, 6) is 0. The van der Waals surface area contributed by atoms with Gasteiger partial charge in [0.1, 0.15) is 0 Å². The van der Waals surface area contributed by atoms with Crippen molar-refractivity contribution in [3.8, 4) is 0 Å². The Kier molecular flexibility index (Phi) is 4.75. The van der Waals surface area contributed by atoms with Crippen LogP contribution in [0.15, 0.2) is 39.0 Å². The third-order valence-electron chi connectivity index (χ3n) is 2.61. The van der Waals surface area contributed by atoms with Crippen LogP contribution in [-0.4, -0.2) is 6.26 Å². The molecule has 0 aliphatic rings. The van der Waals surface area contributed by atoms with Crippen molar-refractivity contribution in [2.75, 3.05) is 6.26 Å². The van der Waals surface area contributed by atoms with E-state index in [0.29, 0.717) is 0 Å². The molecule has 2 aromatic rings. The first-order valence-electron chi connectivity index (χ1n) is 5.16. The molecule has 1 aromatic heterocycles. The molecule has 0 aliphatic heterocycles. The van der Waals surface area contributed by atoms with Gasteiger partial charge in [0, 0.05) is 9.77 Å². The molecule has 4 heteroatoms. The number of rotatable bonds is 3. The second-order valence-electron chi connectivity index (χ2n) is 3.67. The van der Waals surface area contributed by atoms with Crippen LogP contribution in [0.25, 0.3) is 0 Å². The normalized spacial score (nSPS) is 12.7. The number of benzene rings is 1. The molecule has 0 spiro atoms. The van der Waals surface area contributed by atoms with Crippen LogP contribution in [0, 0.1) is 6.92 Å². The van der Waals surface area contributed by atoms with Crippen LogP contribution in [0.3, 0.4) is 0 Å². The summed E-state index contributed by atoms with van der Waals surface area (Å²) in [7, 11) is 0. The van der Waals surface area contributed by atoms with Crippen LogP contribution in [0.4, 0.5) is 0 Å². The zero-order chi connectivity index (χ0) is 12.4. The minimum absolute atomic E-state index is 0.272. The lowest BCUT2D eigenvalue weighted by atomic mass is 10.1. The van der Waals surface area contributed by atoms with E-state index < -0.39 is 0 Å². The molecule has 0 saturated heterocycles. The third-order valence-corrected chi connectivity index (χ3v) is 5.98. The summed E-state index contributed by atoms with van der Waals surface area (Å²) in [6, 6.07) is 10.8. The van der Waals surface area contributed by atoms with E-state index in [1.165, 1.54) is 24.7 Å². The Labute approximate surface area is 127 Å². The molecule has 0 radical (unpaired) electrons. The largest absolute Gasteiger partial charge is 0.133 e. The number of aryl methyl sites for hydroxylation is 1. The van der Waals surface area contributed by atoms with Crippen molar-refractivity contribution in [3.63, 3.8) is 0 Å². The number of alkyl halides is 1. The van der Waals surface area contributed by atoms with Gasteiger partial charge in [-0.05, 0) is 52.4 Å². The van der Waals surface area contributed by atoms with Crippen LogP contribution in [0.2, 0.25) is 0 Å². The molecule has 0 bridgehead atoms. The standard InChI is InChI=1S/C13H12Br2S2/c1-8-10(7-12(14)17-8)13(15)9-5-3-4-6-11(9)16-2/h3-7,13H,1-2H3. The molecule has 0 fully saturated rings. The molecule has 90 valence electrons. The Morgan fingerprint density at radius 2 is 1.94 bits per heavy atom. The Morgan fingerprint density at radius 1 is 1.24 bits per heavy atom. The zero-order valence-corrected chi connectivity index (χ0v) is 14.3. The first kappa shape index (κ1) is 13.7. The summed E-state index contributed by atoms with van der Waals surface area (Å²) >= 11 is 11.0. The summed E-state index contributed by atoms with van der Waals surface area (Å²) < 4.78 is 1.19. The van der Waals surface area contributed by atoms with Crippen LogP contribution >= 0.6 is 55.0 Å². The van der Waals surface area contributed by atoms with Crippen LogP contribution in [-0.2, 0) is 0 Å². The molecule has 2 rings (SSSR count). The van der Waals surface area contributed by atoms with Gasteiger partial charge in [0.25, 0.3) is 0 Å². The maximum Gasteiger partial charge on any atom is 0.0704 e. The molecule has 0 N–H and O–H groups in total. The Morgan fingerprint density at radius 3 is 2.53 bits per heavy atom. The van der Waals surface area contributed by atoms with Gasteiger partial charge in [0.15, 0.2) is 0 Å². The monoisotopic (exact) mass is 390 g/mol. The van der Waals surface area contributed by atoms with Crippen LogP contribution in [0.1, 0.15) is 20.8 Å². The Hall–Kier alpha value is 0.230. The molecule has 1 heterocycles. The minimum atomic E-state index is 0.272. The zero-order valence-electron chi connectivity index (χ0n) is 9.54. The number of thioether (sulfide) groups is 1. The predicted octanol–water partition coefficient (Wildman–Crippen LogP) is 6.03. The van der Waals surface area contributed by atoms with Crippen molar-refractivity contribution < 1.29 is 0 Å². The van der Waals surface area contributed by atoms with Gasteiger partial charge in [-0.2, -0.15) is 0 Å². The topological polar surface area (TPSA) is 0 Å². The molecule has 0 saturated carbocycles. The van der Waals surface area contributed by atoms with Gasteiger partial charge in [0.05, 0.1) is 8.61 Å². The van der Waals surface area contributed by atoms with E-state index in [1.807, 2.05) is 0 Å². The highest BCUT2D eigenvalue weighted by atomic mass is 79.9. The average Bonchev–Trinajstić information content (AvgIpc) is 2.67. The van der Waals surface area contributed by atoms with Gasteiger partial charge in [-0.25, -0.2) is 0 Å². The van der Waals surface area contributed by atoms with Crippen molar-refractivity contribution in [1.82, 2.24) is 0 Å². The van der Waals surface area contributed by atoms with E-state index in [2.05, 4.69) is 75.4 Å². The highest BCUT2D eigenvalue weighted by Gasteiger charge is 2.17. The van der Waals surface area contributed by atoms with Gasteiger partial charge >= 0.3 is 0 Å². The SMILES string of the molecule is CSc1ccccc1C(Br)c1cc(Br)sc1C. The lowest BCUT2D eigenvalue weighted by molar-refractivity contribution is 1.11. The van der Waals surface area contributed by atoms with E-state index >= 15 is 0 Å². The molecule has 0 aliphatic carbocycles. The lowest BCUT2D eigenvalue weighted by Crippen LogP contribution is -1.94. The highest BCUT2D eigenvalue weighted by Crippen LogP contribution is 2.41. The smallest absolute Gasteiger partial charge is 0.0704 e. The Balaban J connectivity index is 2.43. The van der Waals surface area contributed by atoms with Crippen molar-refractivity contribution in [3.05, 3.63) is 50.1 Å². The van der Waals surface area contributed by atoms with E-state index in [9.17, 15) is 0 Å².